The highest BCUT2D eigenvalue weighted by molar-refractivity contribution is 7.10. The molecule has 0 spiro atoms. The number of nitro benzene ring substituents is 1. The Hall–Kier alpha value is -2.55. The molecule has 0 saturated carbocycles. The number of aromatic nitrogens is 2. The highest BCUT2D eigenvalue weighted by Gasteiger charge is 2.08. The Labute approximate surface area is 105 Å². The van der Waals surface area contributed by atoms with Crippen molar-refractivity contribution < 1.29 is 9.72 Å². The third-order valence-corrected chi connectivity index (χ3v) is 2.49. The van der Waals surface area contributed by atoms with Gasteiger partial charge in [-0.25, -0.2) is 4.79 Å². The van der Waals surface area contributed by atoms with Crippen LogP contribution in [0.5, 0.6) is 0 Å². The molecule has 1 aromatic heterocycles. The Morgan fingerprint density at radius 3 is 2.89 bits per heavy atom. The number of nitro groups is 1. The van der Waals surface area contributed by atoms with Crippen molar-refractivity contribution in [3.8, 4) is 0 Å². The monoisotopic (exact) mass is 265 g/mol. The maximum absolute atomic E-state index is 11.5. The van der Waals surface area contributed by atoms with Crippen molar-refractivity contribution in [1.29, 1.82) is 0 Å². The summed E-state index contributed by atoms with van der Waals surface area (Å²) in [6.07, 6.45) is 1.40. The van der Waals surface area contributed by atoms with Gasteiger partial charge in [0, 0.05) is 29.4 Å². The number of carbonyl (C=O) groups is 1. The first-order valence-electron chi connectivity index (χ1n) is 4.75. The molecule has 0 unspecified atom stereocenters. The molecule has 2 N–H and O–H groups in total. The first kappa shape index (κ1) is 11.9. The predicted molar refractivity (Wildman–Crippen MR) is 65.6 cm³/mol. The third kappa shape index (κ3) is 2.98. The minimum Gasteiger partial charge on any atom is -0.307 e. The number of carbonyl (C=O) groups excluding carboxylic acids is 1. The van der Waals surface area contributed by atoms with Gasteiger partial charge >= 0.3 is 6.03 Å². The van der Waals surface area contributed by atoms with E-state index in [9.17, 15) is 14.9 Å². The average Bonchev–Trinajstić information content (AvgIpc) is 2.82. The van der Waals surface area contributed by atoms with Crippen LogP contribution in [0.15, 0.2) is 30.5 Å². The van der Waals surface area contributed by atoms with Crippen LogP contribution in [0.2, 0.25) is 0 Å². The molecule has 8 nitrogen and oxygen atoms in total. The van der Waals surface area contributed by atoms with Crippen LogP contribution in [0.4, 0.5) is 21.2 Å². The summed E-state index contributed by atoms with van der Waals surface area (Å²) in [5, 5.41) is 19.6. The third-order valence-electron chi connectivity index (χ3n) is 1.91. The van der Waals surface area contributed by atoms with Crippen LogP contribution in [0.3, 0.4) is 0 Å². The van der Waals surface area contributed by atoms with Crippen LogP contribution in [-0.2, 0) is 0 Å². The number of nitrogens with one attached hydrogen (secondary N) is 2. The largest absolute Gasteiger partial charge is 0.324 e. The summed E-state index contributed by atoms with van der Waals surface area (Å²) in [6.45, 7) is 0. The highest BCUT2D eigenvalue weighted by Crippen LogP contribution is 2.17. The van der Waals surface area contributed by atoms with E-state index in [0.29, 0.717) is 10.7 Å². The number of urea groups is 1. The Morgan fingerprint density at radius 2 is 2.22 bits per heavy atom. The van der Waals surface area contributed by atoms with Crippen LogP contribution < -0.4 is 10.6 Å². The first-order valence-corrected chi connectivity index (χ1v) is 5.52. The quantitative estimate of drug-likeness (QED) is 0.652. The Balaban J connectivity index is 2.03. The lowest BCUT2D eigenvalue weighted by Crippen LogP contribution is -2.18. The summed E-state index contributed by atoms with van der Waals surface area (Å²) in [4.78, 5) is 21.5. The highest BCUT2D eigenvalue weighted by atomic mass is 32.1. The second-order valence-corrected chi connectivity index (χ2v) is 3.95. The molecule has 92 valence electrons. The standard InChI is InChI=1S/C9H7N5O3S/c15-9(12-8-5-10-13-18-8)11-6-2-1-3-7(4-6)14(16)17/h1-5H,(H2,11,12,15). The number of amides is 2. The fourth-order valence-electron chi connectivity index (χ4n) is 1.19. The Kier molecular flexibility index (Phi) is 3.44. The van der Waals surface area contributed by atoms with E-state index in [-0.39, 0.29) is 5.69 Å². The van der Waals surface area contributed by atoms with Crippen molar-refractivity contribution in [3.05, 3.63) is 40.6 Å². The van der Waals surface area contributed by atoms with Crippen molar-refractivity contribution in [1.82, 2.24) is 9.59 Å². The van der Waals surface area contributed by atoms with Crippen LogP contribution in [0.25, 0.3) is 0 Å². The van der Waals surface area contributed by atoms with Crippen molar-refractivity contribution in [2.45, 2.75) is 0 Å². The number of nitrogens with zero attached hydrogens (tertiary/aromatic N) is 3. The van der Waals surface area contributed by atoms with Crippen molar-refractivity contribution in [2.24, 2.45) is 0 Å². The number of non-ortho nitro benzene ring substituents is 1. The molecule has 2 aromatic rings. The molecule has 0 bridgehead atoms. The molecule has 0 saturated heterocycles. The SMILES string of the molecule is O=C(Nc1cccc([N+](=O)[O-])c1)Nc1cnns1. The lowest BCUT2D eigenvalue weighted by atomic mass is 10.3. The zero-order chi connectivity index (χ0) is 13.0. The van der Waals surface area contributed by atoms with Gasteiger partial charge in [-0.3, -0.25) is 15.4 Å². The van der Waals surface area contributed by atoms with Gasteiger partial charge in [-0.05, 0) is 6.07 Å². The van der Waals surface area contributed by atoms with E-state index in [2.05, 4.69) is 20.2 Å². The smallest absolute Gasteiger partial charge is 0.307 e. The zero-order valence-corrected chi connectivity index (χ0v) is 9.68. The van der Waals surface area contributed by atoms with Gasteiger partial charge in [-0.15, -0.1) is 5.10 Å². The van der Waals surface area contributed by atoms with Gasteiger partial charge in [0.25, 0.3) is 5.69 Å². The van der Waals surface area contributed by atoms with E-state index in [4.69, 9.17) is 0 Å². The van der Waals surface area contributed by atoms with E-state index >= 15 is 0 Å². The Bertz CT molecular complexity index is 571. The molecule has 18 heavy (non-hydrogen) atoms. The molecule has 0 aliphatic rings. The van der Waals surface area contributed by atoms with Gasteiger partial charge < -0.3 is 5.32 Å². The van der Waals surface area contributed by atoms with Gasteiger partial charge in [0.2, 0.25) is 0 Å². The molecule has 0 aliphatic carbocycles. The minimum atomic E-state index is -0.532. The normalized spacial score (nSPS) is 9.78. The zero-order valence-electron chi connectivity index (χ0n) is 8.86. The molecule has 9 heteroatoms. The number of benzene rings is 1. The summed E-state index contributed by atoms with van der Waals surface area (Å²) in [5.41, 5.74) is 0.242. The van der Waals surface area contributed by atoms with Gasteiger partial charge in [0.05, 0.1) is 11.1 Å². The molecule has 2 amide bonds. The van der Waals surface area contributed by atoms with E-state index in [0.717, 1.165) is 11.5 Å². The van der Waals surface area contributed by atoms with E-state index < -0.39 is 11.0 Å². The average molecular weight is 265 g/mol. The molecular formula is C9H7N5O3S. The number of anilines is 2. The Morgan fingerprint density at radius 1 is 1.39 bits per heavy atom. The van der Waals surface area contributed by atoms with Gasteiger partial charge in [-0.2, -0.15) is 0 Å². The van der Waals surface area contributed by atoms with Crippen molar-refractivity contribution in [3.63, 3.8) is 0 Å². The van der Waals surface area contributed by atoms with Crippen molar-refractivity contribution >= 4 is 33.9 Å². The van der Waals surface area contributed by atoms with Crippen LogP contribution in [0, 0.1) is 10.1 Å². The predicted octanol–water partition coefficient (Wildman–Crippen LogP) is 2.09. The van der Waals surface area contributed by atoms with Crippen LogP contribution >= 0.6 is 11.5 Å². The van der Waals surface area contributed by atoms with Crippen LogP contribution in [-0.4, -0.2) is 20.5 Å². The maximum atomic E-state index is 11.5. The molecule has 1 heterocycles. The second-order valence-electron chi connectivity index (χ2n) is 3.17. The van der Waals surface area contributed by atoms with Gasteiger partial charge in [0.15, 0.2) is 0 Å². The van der Waals surface area contributed by atoms with E-state index in [1.165, 1.54) is 24.4 Å². The van der Waals surface area contributed by atoms with Gasteiger partial charge in [-0.1, -0.05) is 10.6 Å². The van der Waals surface area contributed by atoms with E-state index in [1.54, 1.807) is 6.07 Å². The molecule has 1 aromatic carbocycles. The fourth-order valence-corrected chi connectivity index (χ4v) is 1.61. The first-order chi connectivity index (χ1) is 8.65. The fraction of sp³-hybridized carbons (Fsp3) is 0. The summed E-state index contributed by atoms with van der Waals surface area (Å²) in [6, 6.07) is 5.14. The number of hydrogen-bond acceptors (Lipinski definition) is 6. The molecular weight excluding hydrogens is 258 g/mol. The van der Waals surface area contributed by atoms with Crippen molar-refractivity contribution in [2.75, 3.05) is 10.6 Å². The molecule has 0 fully saturated rings. The summed E-state index contributed by atoms with van der Waals surface area (Å²) in [5.74, 6) is 0. The van der Waals surface area contributed by atoms with E-state index in [1.807, 2.05) is 0 Å². The minimum absolute atomic E-state index is 0.0905. The summed E-state index contributed by atoms with van der Waals surface area (Å²) >= 11 is 1.03. The molecule has 2 rings (SSSR count). The molecule has 0 radical (unpaired) electrons. The van der Waals surface area contributed by atoms with Gasteiger partial charge in [0.1, 0.15) is 5.00 Å². The molecule has 0 aliphatic heterocycles. The summed E-state index contributed by atoms with van der Waals surface area (Å²) < 4.78 is 3.58. The maximum Gasteiger partial charge on any atom is 0.324 e. The summed E-state index contributed by atoms with van der Waals surface area (Å²) in [7, 11) is 0. The topological polar surface area (TPSA) is 110 Å². The second kappa shape index (κ2) is 5.19. The number of hydrogen-bond donors (Lipinski definition) is 2. The molecule has 0 atom stereocenters. The lowest BCUT2D eigenvalue weighted by molar-refractivity contribution is -0.384. The lowest BCUT2D eigenvalue weighted by Gasteiger charge is -2.04. The number of rotatable bonds is 3. The van der Waals surface area contributed by atoms with Crippen LogP contribution in [0.1, 0.15) is 0 Å².